The minimum absolute atomic E-state index is 0.101. The predicted molar refractivity (Wildman–Crippen MR) is 89.0 cm³/mol. The first-order valence-corrected chi connectivity index (χ1v) is 8.16. The third kappa shape index (κ3) is 4.01. The molecule has 4 nitrogen and oxygen atoms in total. The molecule has 0 aliphatic carbocycles. The summed E-state index contributed by atoms with van der Waals surface area (Å²) in [6.45, 7) is 9.45. The number of amides is 1. The number of rotatable bonds is 4. The van der Waals surface area contributed by atoms with Gasteiger partial charge in [-0.1, -0.05) is 19.1 Å². The number of hydrogen-bond donors (Lipinski definition) is 1. The standard InChI is InChI=1S/C18H28N2O2/c1-12-5-6-13(2)17(11-12)22-16-7-9-20(10-8-16)18(21)14(3)15(4)19/h5-6,11,14-16H,7-10,19H2,1-4H3. The van der Waals surface area contributed by atoms with Crippen LogP contribution in [0.2, 0.25) is 0 Å². The van der Waals surface area contributed by atoms with Crippen molar-refractivity contribution < 1.29 is 9.53 Å². The van der Waals surface area contributed by atoms with Crippen molar-refractivity contribution in [1.82, 2.24) is 4.90 Å². The Morgan fingerprint density at radius 2 is 1.91 bits per heavy atom. The van der Waals surface area contributed by atoms with Gasteiger partial charge in [-0.25, -0.2) is 0 Å². The summed E-state index contributed by atoms with van der Waals surface area (Å²) in [5.74, 6) is 1.02. The van der Waals surface area contributed by atoms with Crippen LogP contribution < -0.4 is 10.5 Å². The third-order valence-corrected chi connectivity index (χ3v) is 4.57. The van der Waals surface area contributed by atoms with E-state index >= 15 is 0 Å². The first-order chi connectivity index (χ1) is 10.4. The highest BCUT2D eigenvalue weighted by Gasteiger charge is 2.28. The summed E-state index contributed by atoms with van der Waals surface area (Å²) in [5.41, 5.74) is 8.20. The van der Waals surface area contributed by atoms with Crippen molar-refractivity contribution in [2.75, 3.05) is 13.1 Å². The Morgan fingerprint density at radius 3 is 2.50 bits per heavy atom. The van der Waals surface area contributed by atoms with E-state index in [9.17, 15) is 4.79 Å². The lowest BCUT2D eigenvalue weighted by molar-refractivity contribution is -0.137. The lowest BCUT2D eigenvalue weighted by Gasteiger charge is -2.34. The Bertz CT molecular complexity index is 520. The van der Waals surface area contributed by atoms with Gasteiger partial charge in [0.1, 0.15) is 11.9 Å². The molecule has 0 radical (unpaired) electrons. The quantitative estimate of drug-likeness (QED) is 0.930. The molecule has 0 bridgehead atoms. The van der Waals surface area contributed by atoms with E-state index in [1.54, 1.807) is 0 Å². The first-order valence-electron chi connectivity index (χ1n) is 8.16. The van der Waals surface area contributed by atoms with Crippen molar-refractivity contribution in [1.29, 1.82) is 0 Å². The number of carbonyl (C=O) groups is 1. The molecule has 2 atom stereocenters. The summed E-state index contributed by atoms with van der Waals surface area (Å²) < 4.78 is 6.14. The lowest BCUT2D eigenvalue weighted by Crippen LogP contribution is -2.47. The van der Waals surface area contributed by atoms with E-state index in [4.69, 9.17) is 10.5 Å². The van der Waals surface area contributed by atoms with Crippen molar-refractivity contribution in [3.05, 3.63) is 29.3 Å². The normalized spacial score (nSPS) is 18.9. The molecule has 0 spiro atoms. The molecule has 1 heterocycles. The monoisotopic (exact) mass is 304 g/mol. The van der Waals surface area contributed by atoms with Gasteiger partial charge in [0.15, 0.2) is 0 Å². The van der Waals surface area contributed by atoms with Crippen LogP contribution in [-0.2, 0) is 4.79 Å². The van der Waals surface area contributed by atoms with Crippen LogP contribution in [0.4, 0.5) is 0 Å². The van der Waals surface area contributed by atoms with Crippen LogP contribution in [0.5, 0.6) is 5.75 Å². The van der Waals surface area contributed by atoms with Gasteiger partial charge in [0, 0.05) is 32.0 Å². The minimum atomic E-state index is -0.114. The molecule has 4 heteroatoms. The van der Waals surface area contributed by atoms with Crippen LogP contribution in [-0.4, -0.2) is 36.0 Å². The predicted octanol–water partition coefficient (Wildman–Crippen LogP) is 2.66. The second-order valence-corrected chi connectivity index (χ2v) is 6.56. The number of benzene rings is 1. The SMILES string of the molecule is Cc1ccc(C)c(OC2CCN(C(=O)C(C)C(C)N)CC2)c1. The summed E-state index contributed by atoms with van der Waals surface area (Å²) in [4.78, 5) is 14.2. The molecule has 1 aliphatic heterocycles. The molecule has 1 aromatic rings. The van der Waals surface area contributed by atoms with E-state index < -0.39 is 0 Å². The second kappa shape index (κ2) is 7.14. The molecule has 0 aromatic heterocycles. The topological polar surface area (TPSA) is 55.6 Å². The van der Waals surface area contributed by atoms with Gasteiger partial charge >= 0.3 is 0 Å². The Labute approximate surface area is 133 Å². The zero-order valence-corrected chi connectivity index (χ0v) is 14.1. The van der Waals surface area contributed by atoms with Crippen LogP contribution in [0.15, 0.2) is 18.2 Å². The van der Waals surface area contributed by atoms with E-state index in [0.717, 1.165) is 37.2 Å². The highest BCUT2D eigenvalue weighted by Crippen LogP contribution is 2.24. The number of carbonyl (C=O) groups excluding carboxylic acids is 1. The minimum Gasteiger partial charge on any atom is -0.490 e. The van der Waals surface area contributed by atoms with Crippen molar-refractivity contribution >= 4 is 5.91 Å². The molecule has 1 amide bonds. The van der Waals surface area contributed by atoms with Gasteiger partial charge in [-0.15, -0.1) is 0 Å². The lowest BCUT2D eigenvalue weighted by atomic mass is 10.00. The van der Waals surface area contributed by atoms with E-state index in [1.807, 2.05) is 18.7 Å². The van der Waals surface area contributed by atoms with Gasteiger partial charge in [-0.3, -0.25) is 4.79 Å². The molecule has 1 fully saturated rings. The summed E-state index contributed by atoms with van der Waals surface area (Å²) in [7, 11) is 0. The van der Waals surface area contributed by atoms with Crippen LogP contribution >= 0.6 is 0 Å². The van der Waals surface area contributed by atoms with Gasteiger partial charge in [0.25, 0.3) is 0 Å². The Balaban J connectivity index is 1.90. The average Bonchev–Trinajstić information content (AvgIpc) is 2.50. The Kier molecular flexibility index (Phi) is 5.46. The van der Waals surface area contributed by atoms with Crippen LogP contribution in [0.3, 0.4) is 0 Å². The summed E-state index contributed by atoms with van der Waals surface area (Å²) in [6.07, 6.45) is 1.95. The fraction of sp³-hybridized carbons (Fsp3) is 0.611. The zero-order valence-electron chi connectivity index (χ0n) is 14.1. The number of hydrogen-bond acceptors (Lipinski definition) is 3. The molecule has 22 heavy (non-hydrogen) atoms. The molecule has 122 valence electrons. The summed E-state index contributed by atoms with van der Waals surface area (Å²) in [6, 6.07) is 6.17. The molecule has 1 aromatic carbocycles. The maximum Gasteiger partial charge on any atom is 0.226 e. The number of aryl methyl sites for hydroxylation is 2. The van der Waals surface area contributed by atoms with Gasteiger partial charge in [0.05, 0.1) is 5.92 Å². The van der Waals surface area contributed by atoms with Crippen LogP contribution in [0, 0.1) is 19.8 Å². The number of likely N-dealkylation sites (tertiary alicyclic amines) is 1. The van der Waals surface area contributed by atoms with E-state index in [2.05, 4.69) is 32.0 Å². The van der Waals surface area contributed by atoms with Gasteiger partial charge < -0.3 is 15.4 Å². The fourth-order valence-electron chi connectivity index (χ4n) is 2.72. The highest BCUT2D eigenvalue weighted by molar-refractivity contribution is 5.79. The van der Waals surface area contributed by atoms with Crippen LogP contribution in [0.25, 0.3) is 0 Å². The molecule has 2 N–H and O–H groups in total. The van der Waals surface area contributed by atoms with Gasteiger partial charge in [-0.2, -0.15) is 0 Å². The number of ether oxygens (including phenoxy) is 1. The number of piperidine rings is 1. The molecule has 2 unspecified atom stereocenters. The number of nitrogens with zero attached hydrogens (tertiary/aromatic N) is 1. The Hall–Kier alpha value is -1.55. The largest absolute Gasteiger partial charge is 0.490 e. The van der Waals surface area contributed by atoms with E-state index in [1.165, 1.54) is 5.56 Å². The highest BCUT2D eigenvalue weighted by atomic mass is 16.5. The molecule has 0 saturated carbocycles. The third-order valence-electron chi connectivity index (χ3n) is 4.57. The fourth-order valence-corrected chi connectivity index (χ4v) is 2.72. The zero-order chi connectivity index (χ0) is 16.3. The van der Waals surface area contributed by atoms with Gasteiger partial charge in [-0.05, 0) is 38.0 Å². The molecule has 1 saturated heterocycles. The number of nitrogens with two attached hydrogens (primary N) is 1. The Morgan fingerprint density at radius 1 is 1.27 bits per heavy atom. The average molecular weight is 304 g/mol. The first kappa shape index (κ1) is 16.8. The smallest absolute Gasteiger partial charge is 0.226 e. The van der Waals surface area contributed by atoms with Crippen molar-refractivity contribution in [2.24, 2.45) is 11.7 Å². The maximum atomic E-state index is 12.3. The molecule has 1 aliphatic rings. The van der Waals surface area contributed by atoms with Crippen molar-refractivity contribution in [2.45, 2.75) is 52.7 Å². The van der Waals surface area contributed by atoms with Crippen LogP contribution in [0.1, 0.15) is 37.8 Å². The van der Waals surface area contributed by atoms with Gasteiger partial charge in [0.2, 0.25) is 5.91 Å². The summed E-state index contributed by atoms with van der Waals surface area (Å²) >= 11 is 0. The maximum absolute atomic E-state index is 12.3. The molecular formula is C18H28N2O2. The molecule has 2 rings (SSSR count). The van der Waals surface area contributed by atoms with Crippen molar-refractivity contribution in [3.8, 4) is 5.75 Å². The van der Waals surface area contributed by atoms with Crippen molar-refractivity contribution in [3.63, 3.8) is 0 Å². The second-order valence-electron chi connectivity index (χ2n) is 6.56. The summed E-state index contributed by atoms with van der Waals surface area (Å²) in [5, 5.41) is 0. The molecular weight excluding hydrogens is 276 g/mol. The van der Waals surface area contributed by atoms with E-state index in [-0.39, 0.29) is 24.0 Å². The van der Waals surface area contributed by atoms with E-state index in [0.29, 0.717) is 0 Å².